The van der Waals surface area contributed by atoms with Crippen molar-refractivity contribution in [2.45, 2.75) is 30.2 Å². The number of hydrogen-bond donors (Lipinski definition) is 1. The van der Waals surface area contributed by atoms with Gasteiger partial charge in [-0.1, -0.05) is 11.6 Å². The van der Waals surface area contributed by atoms with E-state index in [-0.39, 0.29) is 19.1 Å². The number of alkyl halides is 6. The van der Waals surface area contributed by atoms with Crippen molar-refractivity contribution >= 4 is 33.2 Å². The molecule has 0 aliphatic heterocycles. The predicted molar refractivity (Wildman–Crippen MR) is 95.5 cm³/mol. The summed E-state index contributed by atoms with van der Waals surface area (Å²) < 4.78 is 121. The van der Waals surface area contributed by atoms with Crippen LogP contribution in [0.2, 0.25) is 5.02 Å². The number of primary amides is 1. The number of carbonyl (C=O) groups is 1. The summed E-state index contributed by atoms with van der Waals surface area (Å²) in [5.74, 6) is -7.18. The highest BCUT2D eigenvalue weighted by Crippen LogP contribution is 2.41. The van der Waals surface area contributed by atoms with E-state index in [0.29, 0.717) is 12.3 Å². The van der Waals surface area contributed by atoms with Crippen molar-refractivity contribution in [3.63, 3.8) is 0 Å². The lowest BCUT2D eigenvalue weighted by Crippen LogP contribution is -2.51. The quantitative estimate of drug-likeness (QED) is 0.484. The monoisotopic (exact) mass is 495 g/mol. The average Bonchev–Trinajstić information content (AvgIpc) is 2.90. The maximum absolute atomic E-state index is 15.0. The fourth-order valence-electron chi connectivity index (χ4n) is 2.70. The number of anilines is 1. The molecule has 0 spiro atoms. The molecule has 1 aromatic heterocycles. The lowest BCUT2D eigenvalue weighted by atomic mass is 10.1. The van der Waals surface area contributed by atoms with E-state index in [9.17, 15) is 43.9 Å². The number of nitrogens with zero attached hydrogens (tertiary/aromatic N) is 2. The van der Waals surface area contributed by atoms with Crippen molar-refractivity contribution in [3.05, 3.63) is 46.5 Å². The van der Waals surface area contributed by atoms with E-state index in [1.807, 2.05) is 0 Å². The number of sulfonamides is 1. The summed E-state index contributed by atoms with van der Waals surface area (Å²) in [6.07, 6.45) is -8.77. The molecule has 2 rings (SSSR count). The van der Waals surface area contributed by atoms with E-state index in [2.05, 4.69) is 0 Å². The Balaban J connectivity index is 2.87. The summed E-state index contributed by atoms with van der Waals surface area (Å²) in [4.78, 5) is 10.4. The molecule has 1 atom stereocenters. The summed E-state index contributed by atoms with van der Waals surface area (Å²) in [7, 11) is -4.36. The first-order valence-corrected chi connectivity index (χ1v) is 9.79. The number of hydrogen-bond acceptors (Lipinski definition) is 3. The number of aryl methyl sites for hydroxylation is 1. The summed E-state index contributed by atoms with van der Waals surface area (Å²) in [6, 6.07) is 0.372. The van der Waals surface area contributed by atoms with Crippen molar-refractivity contribution in [2.75, 3.05) is 4.31 Å². The zero-order valence-corrected chi connectivity index (χ0v) is 17.1. The third kappa shape index (κ3) is 4.31. The summed E-state index contributed by atoms with van der Waals surface area (Å²) >= 11 is 5.82. The summed E-state index contributed by atoms with van der Waals surface area (Å²) in [5.41, 5.74) is 1.19. The Labute approximate surface area is 176 Å². The number of nitrogens with two attached hydrogens (primary N) is 1. The topological polar surface area (TPSA) is 85.4 Å². The van der Waals surface area contributed by atoms with Crippen LogP contribution in [-0.2, 0) is 23.2 Å². The lowest BCUT2D eigenvalue weighted by molar-refractivity contribution is -0.140. The summed E-state index contributed by atoms with van der Waals surface area (Å²) in [5, 5.41) is -0.872. The molecule has 6 nitrogen and oxygen atoms in total. The Kier molecular flexibility index (Phi) is 6.31. The van der Waals surface area contributed by atoms with Crippen LogP contribution in [0, 0.1) is 5.82 Å². The molecule has 0 unspecified atom stereocenters. The van der Waals surface area contributed by atoms with E-state index in [1.165, 1.54) is 0 Å². The Bertz CT molecular complexity index is 1130. The second kappa shape index (κ2) is 7.89. The van der Waals surface area contributed by atoms with Crippen molar-refractivity contribution in [1.29, 1.82) is 0 Å². The van der Waals surface area contributed by atoms with Crippen molar-refractivity contribution in [3.8, 4) is 0 Å². The van der Waals surface area contributed by atoms with Crippen LogP contribution in [0.15, 0.2) is 29.3 Å². The highest BCUT2D eigenvalue weighted by molar-refractivity contribution is 7.93. The molecule has 0 fully saturated rings. The number of carbonyl (C=O) groups excluding carboxylic acids is 1. The Morgan fingerprint density at radius 2 is 1.77 bits per heavy atom. The van der Waals surface area contributed by atoms with Gasteiger partial charge in [-0.15, -0.1) is 0 Å². The van der Waals surface area contributed by atoms with Gasteiger partial charge < -0.3 is 10.3 Å². The first kappa shape index (κ1) is 24.8. The van der Waals surface area contributed by atoms with Gasteiger partial charge in [0, 0.05) is 13.2 Å². The van der Waals surface area contributed by atoms with E-state index in [1.54, 1.807) is 0 Å². The average molecular weight is 496 g/mol. The van der Waals surface area contributed by atoms with Crippen LogP contribution in [0.25, 0.3) is 0 Å². The molecule has 2 aromatic rings. The highest BCUT2D eigenvalue weighted by Gasteiger charge is 2.50. The third-order valence-corrected chi connectivity index (χ3v) is 6.53. The fraction of sp³-hybridized carbons (Fsp3) is 0.312. The molecule has 0 aliphatic rings. The molecule has 2 N–H and O–H groups in total. The van der Waals surface area contributed by atoms with Crippen LogP contribution in [0.3, 0.4) is 0 Å². The van der Waals surface area contributed by atoms with E-state index in [0.717, 1.165) is 11.6 Å². The molecule has 0 aliphatic carbocycles. The van der Waals surface area contributed by atoms with E-state index in [4.69, 9.17) is 17.3 Å². The normalized spacial score (nSPS) is 14.5. The van der Waals surface area contributed by atoms with Crippen LogP contribution in [-0.4, -0.2) is 31.1 Å². The van der Waals surface area contributed by atoms with E-state index >= 15 is 0 Å². The molecule has 172 valence electrons. The molecule has 0 saturated heterocycles. The standard InChI is InChI=1S/C16H13ClF7N3O3S/c1-15(21,14(19)20)27(7-3-4-9(18)8(5-7)16(22,23)24)31(29,30)10-6-26(2)12(11(10)17)13(25)28/h3-6,14H,1-2H3,(H2,25,28)/t15-/m0/s1. The van der Waals surface area contributed by atoms with Gasteiger partial charge in [-0.2, -0.15) is 13.2 Å². The maximum atomic E-state index is 15.0. The molecule has 0 saturated carbocycles. The molecule has 0 bridgehead atoms. The van der Waals surface area contributed by atoms with Crippen LogP contribution in [0.4, 0.5) is 36.4 Å². The van der Waals surface area contributed by atoms with Gasteiger partial charge in [-0.25, -0.2) is 30.3 Å². The van der Waals surface area contributed by atoms with Gasteiger partial charge in [0.15, 0.2) is 0 Å². The predicted octanol–water partition coefficient (Wildman–Crippen LogP) is 4.08. The molecule has 1 heterocycles. The number of amides is 1. The lowest BCUT2D eigenvalue weighted by Gasteiger charge is -2.35. The maximum Gasteiger partial charge on any atom is 0.419 e. The number of aromatic nitrogens is 1. The van der Waals surface area contributed by atoms with Gasteiger partial charge in [0.1, 0.15) is 16.4 Å². The zero-order valence-electron chi connectivity index (χ0n) is 15.5. The molecule has 15 heteroatoms. The SMILES string of the molecule is Cn1cc(S(=O)(=O)N(c2ccc(F)c(C(F)(F)F)c2)[C@](C)(F)C(F)F)c(Cl)c1C(N)=O. The van der Waals surface area contributed by atoms with Gasteiger partial charge >= 0.3 is 6.18 Å². The van der Waals surface area contributed by atoms with E-state index < -0.39 is 71.3 Å². The first-order chi connectivity index (χ1) is 13.9. The van der Waals surface area contributed by atoms with Crippen LogP contribution in [0.1, 0.15) is 23.0 Å². The minimum atomic E-state index is -5.47. The molecule has 1 aromatic carbocycles. The van der Waals surface area contributed by atoms with Crippen LogP contribution in [0.5, 0.6) is 0 Å². The van der Waals surface area contributed by atoms with Crippen LogP contribution < -0.4 is 10.0 Å². The number of benzene rings is 1. The zero-order chi connectivity index (χ0) is 24.1. The minimum absolute atomic E-state index is 0.0949. The van der Waals surface area contributed by atoms with Crippen molar-refractivity contribution in [1.82, 2.24) is 4.57 Å². The number of rotatable bonds is 6. The molecular formula is C16H13ClF7N3O3S. The fourth-order valence-corrected chi connectivity index (χ4v) is 5.02. The smallest absolute Gasteiger partial charge is 0.364 e. The molecule has 0 radical (unpaired) electrons. The minimum Gasteiger partial charge on any atom is -0.364 e. The molecule has 31 heavy (non-hydrogen) atoms. The van der Waals surface area contributed by atoms with Gasteiger partial charge in [0.05, 0.1) is 16.3 Å². The second-order valence-electron chi connectivity index (χ2n) is 6.39. The third-order valence-electron chi connectivity index (χ3n) is 4.12. The molecular weight excluding hydrogens is 483 g/mol. The van der Waals surface area contributed by atoms with Crippen molar-refractivity contribution < 1.29 is 43.9 Å². The van der Waals surface area contributed by atoms with Gasteiger partial charge in [0.25, 0.3) is 28.1 Å². The Hall–Kier alpha value is -2.48. The van der Waals surface area contributed by atoms with Gasteiger partial charge in [0.2, 0.25) is 0 Å². The van der Waals surface area contributed by atoms with Crippen molar-refractivity contribution in [2.24, 2.45) is 12.8 Å². The Morgan fingerprint density at radius 3 is 2.19 bits per heavy atom. The first-order valence-electron chi connectivity index (χ1n) is 7.97. The second-order valence-corrected chi connectivity index (χ2v) is 8.52. The largest absolute Gasteiger partial charge is 0.419 e. The Morgan fingerprint density at radius 1 is 1.23 bits per heavy atom. The van der Waals surface area contributed by atoms with Gasteiger partial charge in [-0.05, 0) is 25.1 Å². The highest BCUT2D eigenvalue weighted by atomic mass is 35.5. The molecule has 1 amide bonds. The van der Waals surface area contributed by atoms with Gasteiger partial charge in [-0.3, -0.25) is 4.79 Å². The number of halogens is 8. The van der Waals surface area contributed by atoms with Crippen LogP contribution >= 0.6 is 11.6 Å². The summed E-state index contributed by atoms with van der Waals surface area (Å²) in [6.45, 7) is 0.0949.